The fourth-order valence-corrected chi connectivity index (χ4v) is 3.01. The smallest absolute Gasteiger partial charge is 0.318 e. The second-order valence-electron chi connectivity index (χ2n) is 6.28. The summed E-state index contributed by atoms with van der Waals surface area (Å²) in [6, 6.07) is 13.1. The van der Waals surface area contributed by atoms with Crippen molar-refractivity contribution in [3.05, 3.63) is 76.5 Å². The number of nitrogens with zero attached hydrogens (tertiary/aromatic N) is 4. The fraction of sp³-hybridized carbons (Fsp3) is 0.143. The highest BCUT2D eigenvalue weighted by atomic mass is 19.1. The molecule has 7 nitrogen and oxygen atoms in total. The van der Waals surface area contributed by atoms with Crippen LogP contribution in [0.25, 0.3) is 22.4 Å². The quantitative estimate of drug-likeness (QED) is 0.519. The summed E-state index contributed by atoms with van der Waals surface area (Å²) in [5.74, 6) is 0.291. The zero-order chi connectivity index (χ0) is 20.4. The van der Waals surface area contributed by atoms with Crippen LogP contribution in [0.15, 0.2) is 59.5 Å². The van der Waals surface area contributed by atoms with E-state index in [1.165, 1.54) is 42.1 Å². The average molecular weight is 392 g/mol. The minimum Gasteiger partial charge on any atom is -0.497 e. The van der Waals surface area contributed by atoms with Crippen molar-refractivity contribution in [2.45, 2.75) is 6.54 Å². The Balaban J connectivity index is 1.94. The molecule has 0 bridgehead atoms. The van der Waals surface area contributed by atoms with E-state index in [0.29, 0.717) is 22.5 Å². The van der Waals surface area contributed by atoms with Gasteiger partial charge in [-0.25, -0.2) is 14.4 Å². The molecule has 0 saturated heterocycles. The Morgan fingerprint density at radius 1 is 1.03 bits per heavy atom. The Morgan fingerprint density at radius 3 is 2.55 bits per heavy atom. The number of ether oxygens (including phenoxy) is 2. The molecule has 0 spiro atoms. The van der Waals surface area contributed by atoms with E-state index in [9.17, 15) is 9.18 Å². The van der Waals surface area contributed by atoms with Gasteiger partial charge in [-0.15, -0.1) is 0 Å². The number of hydrogen-bond acceptors (Lipinski definition) is 6. The van der Waals surface area contributed by atoms with Gasteiger partial charge >= 0.3 is 6.01 Å². The van der Waals surface area contributed by atoms with Crippen molar-refractivity contribution in [3.63, 3.8) is 0 Å². The number of fused-ring (bicyclic) bond motifs is 1. The Bertz CT molecular complexity index is 1240. The van der Waals surface area contributed by atoms with Crippen LogP contribution in [0.4, 0.5) is 4.39 Å². The summed E-state index contributed by atoms with van der Waals surface area (Å²) < 4.78 is 25.2. The van der Waals surface area contributed by atoms with Crippen molar-refractivity contribution < 1.29 is 13.9 Å². The van der Waals surface area contributed by atoms with Crippen LogP contribution in [0.1, 0.15) is 5.56 Å². The number of methoxy groups -OCH3 is 2. The van der Waals surface area contributed by atoms with Gasteiger partial charge in [-0.3, -0.25) is 9.36 Å². The van der Waals surface area contributed by atoms with Crippen molar-refractivity contribution in [1.82, 2.24) is 19.5 Å². The monoisotopic (exact) mass is 392 g/mol. The zero-order valence-electron chi connectivity index (χ0n) is 15.8. The Morgan fingerprint density at radius 2 is 1.83 bits per heavy atom. The maximum absolute atomic E-state index is 13.3. The van der Waals surface area contributed by atoms with Crippen LogP contribution >= 0.6 is 0 Å². The molecule has 0 aliphatic rings. The second-order valence-corrected chi connectivity index (χ2v) is 6.28. The molecule has 0 aliphatic heterocycles. The topological polar surface area (TPSA) is 79.1 Å². The summed E-state index contributed by atoms with van der Waals surface area (Å²) >= 11 is 0. The van der Waals surface area contributed by atoms with Gasteiger partial charge < -0.3 is 9.47 Å². The van der Waals surface area contributed by atoms with Crippen LogP contribution in [0.3, 0.4) is 0 Å². The zero-order valence-corrected chi connectivity index (χ0v) is 15.8. The summed E-state index contributed by atoms with van der Waals surface area (Å²) in [5, 5.41) is 0. The third-order valence-corrected chi connectivity index (χ3v) is 4.44. The number of benzene rings is 2. The van der Waals surface area contributed by atoms with Gasteiger partial charge in [0.15, 0.2) is 5.65 Å². The molecule has 29 heavy (non-hydrogen) atoms. The highest BCUT2D eigenvalue weighted by Crippen LogP contribution is 2.20. The third kappa shape index (κ3) is 3.64. The molecule has 8 heteroatoms. The molecule has 0 unspecified atom stereocenters. The Hall–Kier alpha value is -3.81. The predicted molar refractivity (Wildman–Crippen MR) is 106 cm³/mol. The number of hydrogen-bond donors (Lipinski definition) is 0. The number of aromatic nitrogens is 4. The molecule has 0 N–H and O–H groups in total. The van der Waals surface area contributed by atoms with Crippen LogP contribution in [0, 0.1) is 5.82 Å². The molecular weight excluding hydrogens is 375 g/mol. The van der Waals surface area contributed by atoms with Crippen molar-refractivity contribution >= 4 is 11.2 Å². The fourth-order valence-electron chi connectivity index (χ4n) is 3.01. The van der Waals surface area contributed by atoms with Crippen LogP contribution in [0.5, 0.6) is 11.8 Å². The maximum atomic E-state index is 13.3. The number of halogens is 1. The first kappa shape index (κ1) is 18.5. The first-order valence-corrected chi connectivity index (χ1v) is 8.79. The lowest BCUT2D eigenvalue weighted by Crippen LogP contribution is -2.25. The van der Waals surface area contributed by atoms with Gasteiger partial charge in [0.2, 0.25) is 0 Å². The summed E-state index contributed by atoms with van der Waals surface area (Å²) in [7, 11) is 3.03. The highest BCUT2D eigenvalue weighted by Gasteiger charge is 2.16. The van der Waals surface area contributed by atoms with Crippen LogP contribution < -0.4 is 15.0 Å². The second kappa shape index (κ2) is 7.67. The average Bonchev–Trinajstić information content (AvgIpc) is 2.76. The minimum atomic E-state index is -0.390. The lowest BCUT2D eigenvalue weighted by molar-refractivity contribution is 0.381. The summed E-state index contributed by atoms with van der Waals surface area (Å²) in [5.41, 5.74) is 1.96. The van der Waals surface area contributed by atoms with Crippen LogP contribution in [0.2, 0.25) is 0 Å². The van der Waals surface area contributed by atoms with E-state index in [4.69, 9.17) is 9.47 Å². The molecule has 146 valence electrons. The Kier molecular flexibility index (Phi) is 4.90. The van der Waals surface area contributed by atoms with Gasteiger partial charge in [-0.2, -0.15) is 4.98 Å². The molecule has 0 atom stereocenters. The lowest BCUT2D eigenvalue weighted by Gasteiger charge is -2.13. The largest absolute Gasteiger partial charge is 0.497 e. The predicted octanol–water partition coefficient (Wildman–Crippen LogP) is 3.06. The van der Waals surface area contributed by atoms with E-state index in [0.717, 1.165) is 5.56 Å². The molecule has 0 radical (unpaired) electrons. The van der Waals surface area contributed by atoms with Gasteiger partial charge in [-0.1, -0.05) is 12.1 Å². The van der Waals surface area contributed by atoms with Crippen molar-refractivity contribution in [2.24, 2.45) is 0 Å². The molecule has 0 aliphatic carbocycles. The molecule has 4 aromatic rings. The summed E-state index contributed by atoms with van der Waals surface area (Å²) in [6.07, 6.45) is 1.50. The van der Waals surface area contributed by atoms with E-state index in [-0.39, 0.29) is 29.6 Å². The molecular formula is C21H17FN4O3. The van der Waals surface area contributed by atoms with Gasteiger partial charge in [0.25, 0.3) is 5.56 Å². The normalized spacial score (nSPS) is 10.9. The first-order valence-electron chi connectivity index (χ1n) is 8.79. The molecule has 0 saturated carbocycles. The molecule has 4 rings (SSSR count). The molecule has 2 aromatic heterocycles. The minimum absolute atomic E-state index is 0.132. The van der Waals surface area contributed by atoms with Gasteiger partial charge in [0.1, 0.15) is 22.8 Å². The van der Waals surface area contributed by atoms with Crippen molar-refractivity contribution in [2.75, 3.05) is 14.2 Å². The molecule has 0 amide bonds. The van der Waals surface area contributed by atoms with Gasteiger partial charge in [0.05, 0.1) is 27.0 Å². The highest BCUT2D eigenvalue weighted by molar-refractivity contribution is 5.74. The summed E-state index contributed by atoms with van der Waals surface area (Å²) in [4.78, 5) is 26.1. The van der Waals surface area contributed by atoms with E-state index < -0.39 is 0 Å². The van der Waals surface area contributed by atoms with Crippen molar-refractivity contribution in [1.29, 1.82) is 0 Å². The Labute approximate surface area is 165 Å². The first-order chi connectivity index (χ1) is 14.1. The lowest BCUT2D eigenvalue weighted by atomic mass is 10.1. The van der Waals surface area contributed by atoms with E-state index in [2.05, 4.69) is 15.0 Å². The van der Waals surface area contributed by atoms with Crippen LogP contribution in [-0.4, -0.2) is 33.7 Å². The van der Waals surface area contributed by atoms with Crippen molar-refractivity contribution in [3.8, 4) is 23.0 Å². The van der Waals surface area contributed by atoms with E-state index in [1.807, 2.05) is 24.3 Å². The molecule has 2 aromatic carbocycles. The van der Waals surface area contributed by atoms with Crippen LogP contribution in [-0.2, 0) is 6.54 Å². The third-order valence-electron chi connectivity index (χ3n) is 4.44. The van der Waals surface area contributed by atoms with E-state index in [1.54, 1.807) is 7.11 Å². The van der Waals surface area contributed by atoms with Gasteiger partial charge in [0, 0.05) is 5.56 Å². The maximum Gasteiger partial charge on any atom is 0.318 e. The molecule has 2 heterocycles. The van der Waals surface area contributed by atoms with Gasteiger partial charge in [-0.05, 0) is 42.0 Å². The number of rotatable bonds is 5. The molecule has 0 fully saturated rings. The van der Waals surface area contributed by atoms with E-state index >= 15 is 0 Å². The SMILES string of the molecule is COc1cccc(Cn2c(=O)c(-c3ccc(F)cc3)nc3cnc(OC)nc32)c1. The summed E-state index contributed by atoms with van der Waals surface area (Å²) in [6.45, 7) is 0.239. The standard InChI is InChI=1S/C21H17FN4O3/c1-28-16-5-3-4-13(10-16)12-26-19-17(11-23-21(25-19)29-2)24-18(20(26)27)14-6-8-15(22)9-7-14/h3-11H,12H2,1-2H3.